The number of hydrogen-bond acceptors (Lipinski definition) is 5. The van der Waals surface area contributed by atoms with E-state index in [-0.39, 0.29) is 11.9 Å². The van der Waals surface area contributed by atoms with Crippen molar-refractivity contribution in [3.8, 4) is 0 Å². The van der Waals surface area contributed by atoms with E-state index in [0.29, 0.717) is 0 Å². The number of nitrogens with one attached hydrogen (secondary N) is 1. The van der Waals surface area contributed by atoms with Crippen molar-refractivity contribution in [2.75, 3.05) is 18.0 Å². The molecule has 1 aromatic rings. The van der Waals surface area contributed by atoms with Crippen LogP contribution in [0.1, 0.15) is 32.4 Å². The Kier molecular flexibility index (Phi) is 4.89. The van der Waals surface area contributed by atoms with Gasteiger partial charge in [0.2, 0.25) is 5.91 Å². The molecule has 0 aromatic carbocycles. The van der Waals surface area contributed by atoms with E-state index in [1.54, 1.807) is 13.3 Å². The van der Waals surface area contributed by atoms with Crippen LogP contribution in [0.5, 0.6) is 0 Å². The van der Waals surface area contributed by atoms with E-state index in [9.17, 15) is 4.79 Å². The monoisotopic (exact) mass is 277 g/mol. The van der Waals surface area contributed by atoms with Gasteiger partial charge in [-0.2, -0.15) is 0 Å². The fourth-order valence-electron chi connectivity index (χ4n) is 2.34. The first-order valence-electron chi connectivity index (χ1n) is 7.22. The quantitative estimate of drug-likeness (QED) is 0.836. The van der Waals surface area contributed by atoms with Gasteiger partial charge in [0, 0.05) is 30.9 Å². The number of amides is 1. The van der Waals surface area contributed by atoms with Crippen molar-refractivity contribution in [2.45, 2.75) is 45.2 Å². The Morgan fingerprint density at radius 2 is 2.20 bits per heavy atom. The van der Waals surface area contributed by atoms with Gasteiger partial charge in [0.05, 0.1) is 6.04 Å². The summed E-state index contributed by atoms with van der Waals surface area (Å²) in [6.45, 7) is 5.58. The molecule has 0 saturated carbocycles. The molecule has 110 valence electrons. The Labute approximate surface area is 119 Å². The Balaban J connectivity index is 1.89. The number of aromatic nitrogens is 2. The Morgan fingerprint density at radius 1 is 1.50 bits per heavy atom. The van der Waals surface area contributed by atoms with Crippen LogP contribution in [0, 0.1) is 0 Å². The average molecular weight is 277 g/mol. The first-order chi connectivity index (χ1) is 9.60. The lowest BCUT2D eigenvalue weighted by Crippen LogP contribution is -2.49. The lowest BCUT2D eigenvalue weighted by Gasteiger charge is -2.33. The van der Waals surface area contributed by atoms with Gasteiger partial charge in [0.25, 0.3) is 0 Å². The van der Waals surface area contributed by atoms with Crippen LogP contribution >= 0.6 is 0 Å². The van der Waals surface area contributed by atoms with Crippen molar-refractivity contribution in [1.29, 1.82) is 0 Å². The van der Waals surface area contributed by atoms with Crippen molar-refractivity contribution >= 4 is 11.7 Å². The van der Waals surface area contributed by atoms with Gasteiger partial charge in [0.15, 0.2) is 0 Å². The smallest absolute Gasteiger partial charge is 0.236 e. The van der Waals surface area contributed by atoms with Gasteiger partial charge in [-0.3, -0.25) is 4.79 Å². The third-order valence-electron chi connectivity index (χ3n) is 3.65. The van der Waals surface area contributed by atoms with Crippen molar-refractivity contribution in [2.24, 2.45) is 5.73 Å². The Bertz CT molecular complexity index is 455. The molecular weight excluding hydrogens is 254 g/mol. The van der Waals surface area contributed by atoms with Gasteiger partial charge in [-0.1, -0.05) is 6.92 Å². The van der Waals surface area contributed by atoms with Crippen molar-refractivity contribution in [3.05, 3.63) is 18.1 Å². The second kappa shape index (κ2) is 6.65. The summed E-state index contributed by atoms with van der Waals surface area (Å²) in [5, 5.41) is 2.99. The lowest BCUT2D eigenvalue weighted by atomic mass is 10.0. The van der Waals surface area contributed by atoms with Crippen LogP contribution in [0.15, 0.2) is 12.4 Å². The zero-order valence-electron chi connectivity index (χ0n) is 12.2. The highest BCUT2D eigenvalue weighted by atomic mass is 16.2. The summed E-state index contributed by atoms with van der Waals surface area (Å²) in [5.74, 6) is 0.910. The first-order valence-corrected chi connectivity index (χ1v) is 7.22. The van der Waals surface area contributed by atoms with Crippen molar-refractivity contribution in [1.82, 2.24) is 15.3 Å². The largest absolute Gasteiger partial charge is 0.356 e. The minimum Gasteiger partial charge on any atom is -0.356 e. The molecule has 1 unspecified atom stereocenters. The predicted molar refractivity (Wildman–Crippen MR) is 78.4 cm³/mol. The fourth-order valence-corrected chi connectivity index (χ4v) is 2.34. The molecule has 1 fully saturated rings. The summed E-state index contributed by atoms with van der Waals surface area (Å²) in [7, 11) is 0. The van der Waals surface area contributed by atoms with Gasteiger partial charge in [-0.15, -0.1) is 0 Å². The average Bonchev–Trinajstić information content (AvgIpc) is 2.48. The second-order valence-corrected chi connectivity index (χ2v) is 5.28. The molecular formula is C14H23N5O. The van der Waals surface area contributed by atoms with Gasteiger partial charge in [-0.25, -0.2) is 9.97 Å². The summed E-state index contributed by atoms with van der Waals surface area (Å²) in [6.07, 6.45) is 4.38. The molecule has 1 atom stereocenters. The molecule has 1 amide bonds. The van der Waals surface area contributed by atoms with Crippen molar-refractivity contribution in [3.63, 3.8) is 0 Å². The second-order valence-electron chi connectivity index (χ2n) is 5.28. The molecule has 1 aromatic heterocycles. The molecule has 0 aliphatic carbocycles. The molecule has 1 aliphatic rings. The molecule has 6 nitrogen and oxygen atoms in total. The number of anilines is 1. The number of hydrogen-bond donors (Lipinski definition) is 2. The summed E-state index contributed by atoms with van der Waals surface area (Å²) in [6, 6.07) is 1.82. The number of piperidine rings is 1. The fraction of sp³-hybridized carbons (Fsp3) is 0.643. The highest BCUT2D eigenvalue weighted by Gasteiger charge is 2.22. The summed E-state index contributed by atoms with van der Waals surface area (Å²) < 4.78 is 0. The molecule has 6 heteroatoms. The SMILES string of the molecule is CCc1cc(N2CCC(NC(=O)C(C)N)CC2)ncn1. The molecule has 0 radical (unpaired) electrons. The van der Waals surface area contributed by atoms with E-state index in [4.69, 9.17) is 5.73 Å². The zero-order valence-corrected chi connectivity index (χ0v) is 12.2. The third kappa shape index (κ3) is 3.66. The highest BCUT2D eigenvalue weighted by molar-refractivity contribution is 5.81. The summed E-state index contributed by atoms with van der Waals surface area (Å²) >= 11 is 0. The molecule has 1 saturated heterocycles. The van der Waals surface area contributed by atoms with Crippen LogP contribution in [-0.2, 0) is 11.2 Å². The molecule has 20 heavy (non-hydrogen) atoms. The van der Waals surface area contributed by atoms with E-state index in [0.717, 1.165) is 43.9 Å². The maximum atomic E-state index is 11.6. The van der Waals surface area contributed by atoms with Crippen LogP contribution in [0.2, 0.25) is 0 Å². The zero-order chi connectivity index (χ0) is 14.5. The minimum absolute atomic E-state index is 0.0706. The van der Waals surface area contributed by atoms with Gasteiger partial charge in [-0.05, 0) is 26.2 Å². The van der Waals surface area contributed by atoms with E-state index < -0.39 is 6.04 Å². The van der Waals surface area contributed by atoms with Crippen molar-refractivity contribution < 1.29 is 4.79 Å². The summed E-state index contributed by atoms with van der Waals surface area (Å²) in [4.78, 5) is 22.4. The van der Waals surface area contributed by atoms with Crippen LogP contribution in [0.25, 0.3) is 0 Å². The number of carbonyl (C=O) groups excluding carboxylic acids is 1. The predicted octanol–water partition coefficient (Wildman–Crippen LogP) is 0.471. The number of nitrogens with two attached hydrogens (primary N) is 1. The maximum absolute atomic E-state index is 11.6. The van der Waals surface area contributed by atoms with Gasteiger partial charge in [0.1, 0.15) is 12.1 Å². The van der Waals surface area contributed by atoms with Crippen LogP contribution in [-0.4, -0.2) is 41.0 Å². The Morgan fingerprint density at radius 3 is 2.80 bits per heavy atom. The van der Waals surface area contributed by atoms with E-state index in [2.05, 4.69) is 27.1 Å². The van der Waals surface area contributed by atoms with E-state index >= 15 is 0 Å². The normalized spacial score (nSPS) is 17.9. The lowest BCUT2D eigenvalue weighted by molar-refractivity contribution is -0.122. The number of rotatable bonds is 4. The van der Waals surface area contributed by atoms with Crippen LogP contribution in [0.4, 0.5) is 5.82 Å². The maximum Gasteiger partial charge on any atom is 0.236 e. The van der Waals surface area contributed by atoms with Crippen LogP contribution in [0.3, 0.4) is 0 Å². The third-order valence-corrected chi connectivity index (χ3v) is 3.65. The van der Waals surface area contributed by atoms with Crippen LogP contribution < -0.4 is 16.0 Å². The Hall–Kier alpha value is -1.69. The molecule has 0 spiro atoms. The molecule has 2 rings (SSSR count). The molecule has 1 aliphatic heterocycles. The summed E-state index contributed by atoms with van der Waals surface area (Å²) in [5.41, 5.74) is 6.62. The topological polar surface area (TPSA) is 84.1 Å². The number of nitrogens with zero attached hydrogens (tertiary/aromatic N) is 3. The van der Waals surface area contributed by atoms with Gasteiger partial charge < -0.3 is 16.0 Å². The number of aryl methyl sites for hydroxylation is 1. The van der Waals surface area contributed by atoms with E-state index in [1.807, 2.05) is 6.07 Å². The minimum atomic E-state index is -0.443. The van der Waals surface area contributed by atoms with E-state index in [1.165, 1.54) is 0 Å². The molecule has 0 bridgehead atoms. The van der Waals surface area contributed by atoms with Gasteiger partial charge >= 0.3 is 0 Å². The highest BCUT2D eigenvalue weighted by Crippen LogP contribution is 2.18. The molecule has 3 N–H and O–H groups in total. The number of carbonyl (C=O) groups is 1. The first kappa shape index (κ1) is 14.7. The molecule has 2 heterocycles. The standard InChI is InChI=1S/C14H23N5O/c1-3-11-8-13(17-9-16-11)19-6-4-12(5-7-19)18-14(20)10(2)15/h8-10,12H,3-7,15H2,1-2H3,(H,18,20).